The van der Waals surface area contributed by atoms with Crippen molar-refractivity contribution >= 4 is 10.8 Å². The summed E-state index contributed by atoms with van der Waals surface area (Å²) in [6, 6.07) is 11.6. The lowest BCUT2D eigenvalue weighted by Crippen LogP contribution is -2.31. The number of ether oxygens (including phenoxy) is 1. The Labute approximate surface area is 108 Å². The van der Waals surface area contributed by atoms with Gasteiger partial charge in [-0.2, -0.15) is 18.4 Å². The van der Waals surface area contributed by atoms with Gasteiger partial charge in [0.1, 0.15) is 5.75 Å². The molecule has 0 aliphatic carbocycles. The first-order valence-corrected chi connectivity index (χ1v) is 5.58. The molecular weight excluding hydrogens is 255 g/mol. The van der Waals surface area contributed by atoms with Gasteiger partial charge < -0.3 is 4.74 Å². The molecule has 0 heterocycles. The first-order valence-electron chi connectivity index (χ1n) is 5.58. The molecule has 5 heteroatoms. The number of halogens is 3. The third-order valence-electron chi connectivity index (χ3n) is 2.77. The zero-order valence-corrected chi connectivity index (χ0v) is 10.0. The lowest BCUT2D eigenvalue weighted by molar-refractivity contribution is -0.188. The minimum Gasteiger partial charge on any atom is -0.481 e. The molecule has 0 radical (unpaired) electrons. The minimum atomic E-state index is -4.42. The van der Waals surface area contributed by atoms with Gasteiger partial charge in [-0.25, -0.2) is 0 Å². The van der Waals surface area contributed by atoms with Crippen molar-refractivity contribution in [1.82, 2.24) is 0 Å². The largest absolute Gasteiger partial charge is 0.481 e. The van der Waals surface area contributed by atoms with Crippen LogP contribution in [0.15, 0.2) is 36.4 Å². The zero-order chi connectivity index (χ0) is 14.0. The van der Waals surface area contributed by atoms with Crippen molar-refractivity contribution in [2.75, 3.05) is 0 Å². The Morgan fingerprint density at radius 2 is 1.74 bits per heavy atom. The Hall–Kier alpha value is -2.22. The monoisotopic (exact) mass is 265 g/mol. The highest BCUT2D eigenvalue weighted by atomic mass is 19.4. The lowest BCUT2D eigenvalue weighted by Gasteiger charge is -2.19. The fourth-order valence-electron chi connectivity index (χ4n) is 1.73. The second kappa shape index (κ2) is 4.81. The Morgan fingerprint density at radius 3 is 2.32 bits per heavy atom. The molecule has 2 rings (SSSR count). The number of rotatable bonds is 2. The molecule has 0 N–H and O–H groups in total. The van der Waals surface area contributed by atoms with E-state index in [1.807, 2.05) is 6.07 Å². The van der Waals surface area contributed by atoms with E-state index in [9.17, 15) is 13.2 Å². The van der Waals surface area contributed by atoms with Gasteiger partial charge in [0.15, 0.2) is 6.10 Å². The summed E-state index contributed by atoms with van der Waals surface area (Å²) < 4.78 is 42.5. The van der Waals surface area contributed by atoms with Crippen LogP contribution in [-0.4, -0.2) is 12.3 Å². The molecule has 0 spiro atoms. The quantitative estimate of drug-likeness (QED) is 0.820. The molecule has 98 valence electrons. The second-order valence-corrected chi connectivity index (χ2v) is 4.07. The van der Waals surface area contributed by atoms with E-state index in [4.69, 9.17) is 10.00 Å². The van der Waals surface area contributed by atoms with Crippen LogP contribution in [0, 0.1) is 11.3 Å². The normalized spacial score (nSPS) is 13.0. The van der Waals surface area contributed by atoms with Crippen molar-refractivity contribution in [1.29, 1.82) is 5.26 Å². The van der Waals surface area contributed by atoms with Crippen LogP contribution in [0.5, 0.6) is 5.75 Å². The summed E-state index contributed by atoms with van der Waals surface area (Å²) in [4.78, 5) is 0. The van der Waals surface area contributed by atoms with Crippen LogP contribution in [0.3, 0.4) is 0 Å². The Kier molecular flexibility index (Phi) is 3.34. The molecule has 19 heavy (non-hydrogen) atoms. The van der Waals surface area contributed by atoms with E-state index in [1.54, 1.807) is 24.3 Å². The van der Waals surface area contributed by atoms with E-state index in [0.29, 0.717) is 16.3 Å². The van der Waals surface area contributed by atoms with Gasteiger partial charge in [0.05, 0.1) is 11.6 Å². The summed E-state index contributed by atoms with van der Waals surface area (Å²) in [7, 11) is 0. The SMILES string of the molecule is CC(Oc1ccc(C#N)c2ccccc12)C(F)(F)F. The van der Waals surface area contributed by atoms with Gasteiger partial charge in [0.25, 0.3) is 0 Å². The van der Waals surface area contributed by atoms with Gasteiger partial charge in [0.2, 0.25) is 0 Å². The predicted molar refractivity (Wildman–Crippen MR) is 64.8 cm³/mol. The molecule has 0 saturated heterocycles. The molecule has 0 aliphatic heterocycles. The minimum absolute atomic E-state index is 0.124. The highest BCUT2D eigenvalue weighted by molar-refractivity contribution is 5.92. The van der Waals surface area contributed by atoms with Crippen LogP contribution in [0.4, 0.5) is 13.2 Å². The number of nitriles is 1. The summed E-state index contributed by atoms with van der Waals surface area (Å²) in [5.41, 5.74) is 0.405. The fraction of sp³-hybridized carbons (Fsp3) is 0.214. The second-order valence-electron chi connectivity index (χ2n) is 4.07. The fourth-order valence-corrected chi connectivity index (χ4v) is 1.73. The smallest absolute Gasteiger partial charge is 0.425 e. The topological polar surface area (TPSA) is 33.0 Å². The van der Waals surface area contributed by atoms with Crippen molar-refractivity contribution in [3.8, 4) is 11.8 Å². The third-order valence-corrected chi connectivity index (χ3v) is 2.77. The predicted octanol–water partition coefficient (Wildman–Crippen LogP) is 4.04. The third kappa shape index (κ3) is 2.63. The van der Waals surface area contributed by atoms with Crippen molar-refractivity contribution in [3.63, 3.8) is 0 Å². The molecule has 0 aliphatic rings. The number of hydrogen-bond donors (Lipinski definition) is 0. The molecule has 0 fully saturated rings. The van der Waals surface area contributed by atoms with E-state index in [0.717, 1.165) is 6.92 Å². The number of hydrogen-bond acceptors (Lipinski definition) is 2. The van der Waals surface area contributed by atoms with Gasteiger partial charge in [-0.3, -0.25) is 0 Å². The number of nitrogens with zero attached hydrogens (tertiary/aromatic N) is 1. The average molecular weight is 265 g/mol. The van der Waals surface area contributed by atoms with Gasteiger partial charge >= 0.3 is 6.18 Å². The van der Waals surface area contributed by atoms with Crippen LogP contribution in [0.2, 0.25) is 0 Å². The molecule has 0 bridgehead atoms. The average Bonchev–Trinajstić information content (AvgIpc) is 2.38. The van der Waals surface area contributed by atoms with E-state index in [-0.39, 0.29) is 5.75 Å². The zero-order valence-electron chi connectivity index (χ0n) is 10.0. The summed E-state index contributed by atoms with van der Waals surface area (Å²) in [5.74, 6) is 0.124. The van der Waals surface area contributed by atoms with Crippen LogP contribution in [-0.2, 0) is 0 Å². The molecule has 0 aromatic heterocycles. The van der Waals surface area contributed by atoms with Crippen molar-refractivity contribution in [2.45, 2.75) is 19.2 Å². The molecule has 2 aromatic rings. The van der Waals surface area contributed by atoms with Crippen LogP contribution < -0.4 is 4.74 Å². The maximum absolute atomic E-state index is 12.5. The Balaban J connectivity index is 2.49. The standard InChI is InChI=1S/C14H10F3NO/c1-9(14(15,16)17)19-13-7-6-10(8-18)11-4-2-3-5-12(11)13/h2-7,9H,1H3. The molecule has 0 saturated carbocycles. The first-order chi connectivity index (χ1) is 8.93. The van der Waals surface area contributed by atoms with Gasteiger partial charge in [-0.1, -0.05) is 24.3 Å². The van der Waals surface area contributed by atoms with E-state index >= 15 is 0 Å². The van der Waals surface area contributed by atoms with Crippen LogP contribution in [0.25, 0.3) is 10.8 Å². The molecule has 1 atom stereocenters. The van der Waals surface area contributed by atoms with E-state index < -0.39 is 12.3 Å². The highest BCUT2D eigenvalue weighted by Crippen LogP contribution is 2.31. The van der Waals surface area contributed by atoms with Gasteiger partial charge in [0, 0.05) is 10.8 Å². The summed E-state index contributed by atoms with van der Waals surface area (Å²) in [6.07, 6.45) is -6.32. The number of alkyl halides is 3. The molecule has 2 aromatic carbocycles. The summed E-state index contributed by atoms with van der Waals surface area (Å²) >= 11 is 0. The van der Waals surface area contributed by atoms with E-state index in [2.05, 4.69) is 0 Å². The van der Waals surface area contributed by atoms with Crippen LogP contribution in [0.1, 0.15) is 12.5 Å². The Bertz CT molecular complexity index is 643. The van der Waals surface area contributed by atoms with Crippen LogP contribution >= 0.6 is 0 Å². The Morgan fingerprint density at radius 1 is 1.11 bits per heavy atom. The molecular formula is C14H10F3NO. The molecule has 2 nitrogen and oxygen atoms in total. The number of fused-ring (bicyclic) bond motifs is 1. The van der Waals surface area contributed by atoms with Crippen molar-refractivity contribution in [2.24, 2.45) is 0 Å². The maximum Gasteiger partial charge on any atom is 0.425 e. The number of benzene rings is 2. The summed E-state index contributed by atoms with van der Waals surface area (Å²) in [6.45, 7) is 0.951. The van der Waals surface area contributed by atoms with Gasteiger partial charge in [-0.15, -0.1) is 0 Å². The first kappa shape index (κ1) is 13.2. The van der Waals surface area contributed by atoms with Gasteiger partial charge in [-0.05, 0) is 19.1 Å². The van der Waals surface area contributed by atoms with E-state index in [1.165, 1.54) is 12.1 Å². The van der Waals surface area contributed by atoms with Crippen molar-refractivity contribution < 1.29 is 17.9 Å². The highest BCUT2D eigenvalue weighted by Gasteiger charge is 2.38. The molecule has 0 amide bonds. The summed E-state index contributed by atoms with van der Waals surface area (Å²) in [5, 5.41) is 10.0. The lowest BCUT2D eigenvalue weighted by atomic mass is 10.0. The molecule has 1 unspecified atom stereocenters. The maximum atomic E-state index is 12.5. The van der Waals surface area contributed by atoms with Crippen molar-refractivity contribution in [3.05, 3.63) is 42.0 Å².